The summed E-state index contributed by atoms with van der Waals surface area (Å²) in [5.41, 5.74) is 5.48. The van der Waals surface area contributed by atoms with E-state index in [4.69, 9.17) is 4.74 Å². The maximum absolute atomic E-state index is 12.8. The van der Waals surface area contributed by atoms with Crippen molar-refractivity contribution < 1.29 is 9.53 Å². The van der Waals surface area contributed by atoms with Crippen LogP contribution in [0.1, 0.15) is 73.5 Å². The van der Waals surface area contributed by atoms with Crippen LogP contribution in [0.15, 0.2) is 48.5 Å². The van der Waals surface area contributed by atoms with Crippen molar-refractivity contribution in [2.45, 2.75) is 58.5 Å². The molecular weight excluding hydrogens is 396 g/mol. The van der Waals surface area contributed by atoms with E-state index >= 15 is 0 Å². The van der Waals surface area contributed by atoms with Crippen molar-refractivity contribution in [1.29, 1.82) is 0 Å². The molecule has 1 saturated heterocycles. The van der Waals surface area contributed by atoms with E-state index in [-0.39, 0.29) is 11.5 Å². The third-order valence-electron chi connectivity index (χ3n) is 6.85. The molecule has 2 aliphatic heterocycles. The van der Waals surface area contributed by atoms with Crippen LogP contribution in [0.3, 0.4) is 0 Å². The lowest BCUT2D eigenvalue weighted by atomic mass is 9.81. The molecule has 0 saturated carbocycles. The first-order valence-electron chi connectivity index (χ1n) is 12.3. The number of rotatable bonds is 7. The molecule has 0 bridgehead atoms. The van der Waals surface area contributed by atoms with Crippen LogP contribution >= 0.6 is 0 Å². The largest absolute Gasteiger partial charge is 0.482 e. The van der Waals surface area contributed by atoms with E-state index in [2.05, 4.69) is 48.6 Å². The molecule has 0 unspecified atom stereocenters. The molecule has 32 heavy (non-hydrogen) atoms. The van der Waals surface area contributed by atoms with E-state index in [0.29, 0.717) is 0 Å². The summed E-state index contributed by atoms with van der Waals surface area (Å²) in [4.78, 5) is 14.7. The number of aryl methyl sites for hydroxylation is 1. The number of benzene rings is 2. The number of hydrogen-bond donors (Lipinski definition) is 1. The summed E-state index contributed by atoms with van der Waals surface area (Å²) in [5.74, 6) is 1.10. The Morgan fingerprint density at radius 1 is 1.03 bits per heavy atom. The molecule has 0 aliphatic carbocycles. The van der Waals surface area contributed by atoms with Crippen LogP contribution in [0, 0.1) is 0 Å². The minimum Gasteiger partial charge on any atom is -0.482 e. The molecular formula is C28H36N2O2. The Labute approximate surface area is 192 Å². The molecule has 1 fully saturated rings. The van der Waals surface area contributed by atoms with Crippen LogP contribution in [0.2, 0.25) is 0 Å². The number of nitrogens with one attached hydrogen (secondary N) is 1. The quantitative estimate of drug-likeness (QED) is 0.632. The zero-order valence-corrected chi connectivity index (χ0v) is 19.7. The summed E-state index contributed by atoms with van der Waals surface area (Å²) >= 11 is 0. The normalized spacial score (nSPS) is 16.8. The van der Waals surface area contributed by atoms with Crippen LogP contribution in [0.5, 0.6) is 5.75 Å². The second-order valence-electron chi connectivity index (χ2n) is 8.92. The SMILES string of the molecule is CCCCc1cccc2c1C(c1ccc(C(=O)N(CC)CC)cc1)=CC1(CCNCC1)O2. The Hall–Kier alpha value is -2.59. The number of nitrogens with zero attached hydrogens (tertiary/aromatic N) is 1. The lowest BCUT2D eigenvalue weighted by Gasteiger charge is -2.40. The van der Waals surface area contributed by atoms with Crippen molar-refractivity contribution >= 4 is 11.5 Å². The van der Waals surface area contributed by atoms with Gasteiger partial charge in [-0.1, -0.05) is 37.6 Å². The summed E-state index contributed by atoms with van der Waals surface area (Å²) in [5, 5.41) is 3.46. The summed E-state index contributed by atoms with van der Waals surface area (Å²) in [6.45, 7) is 9.66. The lowest BCUT2D eigenvalue weighted by molar-refractivity contribution is 0.0772. The maximum Gasteiger partial charge on any atom is 0.253 e. The first-order chi connectivity index (χ1) is 15.6. The highest BCUT2D eigenvalue weighted by Crippen LogP contribution is 2.44. The fourth-order valence-electron chi connectivity index (χ4n) is 4.94. The lowest BCUT2D eigenvalue weighted by Crippen LogP contribution is -2.46. The average molecular weight is 433 g/mol. The molecule has 1 N–H and O–H groups in total. The minimum atomic E-state index is -0.257. The standard InChI is InChI=1S/C28H36N2O2/c1-4-7-9-22-10-8-11-25-26(22)24(20-28(32-25)16-18-29-19-17-28)21-12-14-23(15-13-21)27(31)30(5-2)6-3/h8,10-15,20,29H,4-7,9,16-19H2,1-3H3. The van der Waals surface area contributed by atoms with Gasteiger partial charge in [0.25, 0.3) is 5.91 Å². The topological polar surface area (TPSA) is 41.6 Å². The van der Waals surface area contributed by atoms with E-state index in [9.17, 15) is 4.79 Å². The third-order valence-corrected chi connectivity index (χ3v) is 6.85. The third kappa shape index (κ3) is 4.47. The second kappa shape index (κ2) is 9.91. The van der Waals surface area contributed by atoms with Gasteiger partial charge in [-0.15, -0.1) is 0 Å². The average Bonchev–Trinajstić information content (AvgIpc) is 2.83. The van der Waals surface area contributed by atoms with Crippen molar-refractivity contribution in [3.05, 3.63) is 70.8 Å². The van der Waals surface area contributed by atoms with Gasteiger partial charge >= 0.3 is 0 Å². The number of hydrogen-bond acceptors (Lipinski definition) is 3. The van der Waals surface area contributed by atoms with Gasteiger partial charge in [0.05, 0.1) is 0 Å². The van der Waals surface area contributed by atoms with Crippen molar-refractivity contribution in [2.24, 2.45) is 0 Å². The summed E-state index contributed by atoms with van der Waals surface area (Å²) in [7, 11) is 0. The molecule has 4 rings (SSSR count). The molecule has 4 heteroatoms. The van der Waals surface area contributed by atoms with Crippen LogP contribution in [-0.2, 0) is 6.42 Å². The van der Waals surface area contributed by atoms with Crippen LogP contribution < -0.4 is 10.1 Å². The first kappa shape index (κ1) is 22.6. The van der Waals surface area contributed by atoms with Crippen LogP contribution in [0.25, 0.3) is 5.57 Å². The molecule has 0 radical (unpaired) electrons. The van der Waals surface area contributed by atoms with Gasteiger partial charge in [0, 0.05) is 37.1 Å². The zero-order chi connectivity index (χ0) is 22.6. The van der Waals surface area contributed by atoms with Crippen molar-refractivity contribution in [3.8, 4) is 5.75 Å². The van der Waals surface area contributed by atoms with Gasteiger partial charge in [-0.05, 0) is 80.8 Å². The van der Waals surface area contributed by atoms with Crippen LogP contribution in [-0.4, -0.2) is 42.6 Å². The van der Waals surface area contributed by atoms with Gasteiger partial charge in [0.2, 0.25) is 0 Å². The number of unbranched alkanes of at least 4 members (excludes halogenated alkanes) is 1. The van der Waals surface area contributed by atoms with Crippen molar-refractivity contribution in [3.63, 3.8) is 0 Å². The van der Waals surface area contributed by atoms with Crippen molar-refractivity contribution in [2.75, 3.05) is 26.2 Å². The molecule has 0 atom stereocenters. The number of ether oxygens (including phenoxy) is 1. The predicted octanol–water partition coefficient (Wildman–Crippen LogP) is 5.46. The van der Waals surface area contributed by atoms with Crippen molar-refractivity contribution in [1.82, 2.24) is 10.2 Å². The highest BCUT2D eigenvalue weighted by Gasteiger charge is 2.37. The van der Waals surface area contributed by atoms with Gasteiger partial charge < -0.3 is 15.0 Å². The van der Waals surface area contributed by atoms with Gasteiger partial charge in [0.15, 0.2) is 0 Å². The summed E-state index contributed by atoms with van der Waals surface area (Å²) in [6.07, 6.45) is 7.68. The van der Waals surface area contributed by atoms with E-state index in [0.717, 1.165) is 68.7 Å². The molecule has 2 aliphatic rings. The van der Waals surface area contributed by atoms with Gasteiger partial charge in [-0.25, -0.2) is 0 Å². The summed E-state index contributed by atoms with van der Waals surface area (Å²) < 4.78 is 6.68. The number of carbonyl (C=O) groups excluding carboxylic acids is 1. The van der Waals surface area contributed by atoms with Gasteiger partial charge in [-0.2, -0.15) is 0 Å². The molecule has 2 aromatic rings. The summed E-state index contributed by atoms with van der Waals surface area (Å²) in [6, 6.07) is 14.7. The van der Waals surface area contributed by atoms with E-state index in [1.807, 2.05) is 30.9 Å². The molecule has 0 aromatic heterocycles. The first-order valence-corrected chi connectivity index (χ1v) is 12.3. The molecule has 170 valence electrons. The monoisotopic (exact) mass is 432 g/mol. The number of amides is 1. The van der Waals surface area contributed by atoms with E-state index in [1.54, 1.807) is 0 Å². The highest BCUT2D eigenvalue weighted by molar-refractivity contribution is 5.95. The smallest absolute Gasteiger partial charge is 0.253 e. The second-order valence-corrected chi connectivity index (χ2v) is 8.92. The number of piperidine rings is 1. The Morgan fingerprint density at radius 3 is 2.41 bits per heavy atom. The Kier molecular flexibility index (Phi) is 7.00. The fraction of sp³-hybridized carbons (Fsp3) is 0.464. The Morgan fingerprint density at radius 2 is 1.75 bits per heavy atom. The Bertz CT molecular complexity index is 967. The molecule has 2 aromatic carbocycles. The van der Waals surface area contributed by atoms with Crippen LogP contribution in [0.4, 0.5) is 0 Å². The molecule has 1 amide bonds. The number of fused-ring (bicyclic) bond motifs is 1. The predicted molar refractivity (Wildman–Crippen MR) is 131 cm³/mol. The van der Waals surface area contributed by atoms with Gasteiger partial charge in [0.1, 0.15) is 11.4 Å². The maximum atomic E-state index is 12.8. The number of carbonyl (C=O) groups is 1. The molecule has 4 nitrogen and oxygen atoms in total. The van der Waals surface area contributed by atoms with Gasteiger partial charge in [-0.3, -0.25) is 4.79 Å². The minimum absolute atomic E-state index is 0.0985. The highest BCUT2D eigenvalue weighted by atomic mass is 16.5. The van der Waals surface area contributed by atoms with E-state index < -0.39 is 0 Å². The molecule has 1 spiro atoms. The Balaban J connectivity index is 1.76. The fourth-order valence-corrected chi connectivity index (χ4v) is 4.94. The zero-order valence-electron chi connectivity index (χ0n) is 19.7. The van der Waals surface area contributed by atoms with E-state index in [1.165, 1.54) is 23.1 Å². The molecule has 2 heterocycles.